The lowest BCUT2D eigenvalue weighted by Gasteiger charge is -2.29. The van der Waals surface area contributed by atoms with Gasteiger partial charge in [-0.25, -0.2) is 4.79 Å². The number of rotatable bonds is 4. The lowest BCUT2D eigenvalue weighted by molar-refractivity contribution is -0.137. The molecule has 1 unspecified atom stereocenters. The second-order valence-electron chi connectivity index (χ2n) is 7.59. The molecule has 5 nitrogen and oxygen atoms in total. The van der Waals surface area contributed by atoms with Gasteiger partial charge in [0.1, 0.15) is 0 Å². The monoisotopic (exact) mass is 451 g/mol. The third kappa shape index (κ3) is 4.90. The molecule has 0 saturated heterocycles. The summed E-state index contributed by atoms with van der Waals surface area (Å²) in [5.41, 5.74) is 2.32. The van der Waals surface area contributed by atoms with Crippen molar-refractivity contribution < 1.29 is 22.8 Å². The normalized spacial score (nSPS) is 16.1. The molecule has 0 aromatic heterocycles. The van der Waals surface area contributed by atoms with E-state index in [9.17, 15) is 22.8 Å². The number of allylic oxidation sites excluding steroid dienone is 1. The third-order valence-corrected chi connectivity index (χ3v) is 5.31. The molecule has 3 N–H and O–H groups in total. The molecule has 33 heavy (non-hydrogen) atoms. The Morgan fingerprint density at radius 1 is 0.909 bits per heavy atom. The molecule has 4 rings (SSSR count). The Labute approximate surface area is 188 Å². The van der Waals surface area contributed by atoms with Gasteiger partial charge in [-0.3, -0.25) is 4.79 Å². The molecule has 3 aromatic carbocycles. The molecular weight excluding hydrogens is 431 g/mol. The molecule has 3 aromatic rings. The minimum absolute atomic E-state index is 0.00482. The maximum atomic E-state index is 13.1. The van der Waals surface area contributed by atoms with E-state index in [-0.39, 0.29) is 11.3 Å². The fourth-order valence-electron chi connectivity index (χ4n) is 3.72. The molecule has 1 atom stereocenters. The van der Waals surface area contributed by atoms with Crippen molar-refractivity contribution >= 4 is 17.6 Å². The summed E-state index contributed by atoms with van der Waals surface area (Å²) in [6.45, 7) is 1.57. The maximum Gasteiger partial charge on any atom is 0.416 e. The zero-order chi connectivity index (χ0) is 23.6. The zero-order valence-corrected chi connectivity index (χ0v) is 17.5. The van der Waals surface area contributed by atoms with Crippen LogP contribution in [-0.4, -0.2) is 11.9 Å². The van der Waals surface area contributed by atoms with Crippen molar-refractivity contribution in [2.75, 3.05) is 5.32 Å². The number of halogens is 3. The van der Waals surface area contributed by atoms with Gasteiger partial charge < -0.3 is 16.0 Å². The Hall–Kier alpha value is -4.07. The fraction of sp³-hybridized carbons (Fsp3) is 0.120. The molecular formula is C25H20F3N3O2. The highest BCUT2D eigenvalue weighted by molar-refractivity contribution is 6.06. The van der Waals surface area contributed by atoms with Crippen LogP contribution in [-0.2, 0) is 11.0 Å². The van der Waals surface area contributed by atoms with E-state index < -0.39 is 29.7 Å². The number of hydrogen-bond acceptors (Lipinski definition) is 2. The van der Waals surface area contributed by atoms with E-state index in [1.165, 1.54) is 12.1 Å². The number of carbonyl (C=O) groups excluding carboxylic acids is 2. The van der Waals surface area contributed by atoms with E-state index in [2.05, 4.69) is 16.0 Å². The summed E-state index contributed by atoms with van der Waals surface area (Å²) in [6, 6.07) is 20.3. The Balaban J connectivity index is 1.62. The molecule has 8 heteroatoms. The molecule has 0 saturated carbocycles. The van der Waals surface area contributed by atoms with Crippen LogP contribution in [0.1, 0.15) is 24.1 Å². The van der Waals surface area contributed by atoms with Gasteiger partial charge in [0.25, 0.3) is 5.91 Å². The Kier molecular flexibility index (Phi) is 5.91. The number of urea groups is 1. The maximum absolute atomic E-state index is 13.1. The van der Waals surface area contributed by atoms with Crippen molar-refractivity contribution in [1.29, 1.82) is 0 Å². The van der Waals surface area contributed by atoms with Crippen LogP contribution in [0.15, 0.2) is 90.1 Å². The number of amides is 3. The lowest BCUT2D eigenvalue weighted by atomic mass is 9.93. The van der Waals surface area contributed by atoms with Gasteiger partial charge in [0.2, 0.25) is 0 Å². The van der Waals surface area contributed by atoms with Crippen LogP contribution in [0, 0.1) is 0 Å². The van der Waals surface area contributed by atoms with Gasteiger partial charge in [0, 0.05) is 11.4 Å². The largest absolute Gasteiger partial charge is 0.416 e. The minimum Gasteiger partial charge on any atom is -0.327 e. The predicted molar refractivity (Wildman–Crippen MR) is 119 cm³/mol. The highest BCUT2D eigenvalue weighted by Gasteiger charge is 2.33. The number of nitrogens with one attached hydrogen (secondary N) is 3. The molecule has 3 amide bonds. The predicted octanol–water partition coefficient (Wildman–Crippen LogP) is 5.64. The SMILES string of the molecule is CC1=C(C(=O)Nc2cccc(C(F)(F)F)c2)C(c2ccc(-c3ccccc3)cc2)NC(=O)N1. The third-order valence-electron chi connectivity index (χ3n) is 5.31. The summed E-state index contributed by atoms with van der Waals surface area (Å²) < 4.78 is 39.1. The first-order valence-corrected chi connectivity index (χ1v) is 10.1. The van der Waals surface area contributed by atoms with E-state index in [4.69, 9.17) is 0 Å². The van der Waals surface area contributed by atoms with Gasteiger partial charge in [0.05, 0.1) is 17.2 Å². The topological polar surface area (TPSA) is 70.2 Å². The molecule has 0 spiro atoms. The van der Waals surface area contributed by atoms with Crippen molar-refractivity contribution in [2.45, 2.75) is 19.1 Å². The Bertz CT molecular complexity index is 1220. The van der Waals surface area contributed by atoms with Crippen LogP contribution in [0.3, 0.4) is 0 Å². The summed E-state index contributed by atoms with van der Waals surface area (Å²) in [7, 11) is 0. The van der Waals surface area contributed by atoms with Crippen LogP contribution >= 0.6 is 0 Å². The van der Waals surface area contributed by atoms with Crippen molar-refractivity contribution in [3.05, 3.63) is 101 Å². The number of benzene rings is 3. The Morgan fingerprint density at radius 2 is 1.58 bits per heavy atom. The number of carbonyl (C=O) groups is 2. The fourth-order valence-corrected chi connectivity index (χ4v) is 3.72. The average molecular weight is 451 g/mol. The second kappa shape index (κ2) is 8.82. The van der Waals surface area contributed by atoms with Crippen LogP contribution < -0.4 is 16.0 Å². The Morgan fingerprint density at radius 3 is 2.24 bits per heavy atom. The first-order valence-electron chi connectivity index (χ1n) is 10.1. The first kappa shape index (κ1) is 22.1. The summed E-state index contributed by atoms with van der Waals surface area (Å²) in [4.78, 5) is 25.2. The zero-order valence-electron chi connectivity index (χ0n) is 17.5. The van der Waals surface area contributed by atoms with Gasteiger partial charge in [-0.05, 0) is 41.8 Å². The molecule has 1 aliphatic rings. The quantitative estimate of drug-likeness (QED) is 0.481. The van der Waals surface area contributed by atoms with Crippen LogP contribution in [0.2, 0.25) is 0 Å². The van der Waals surface area contributed by atoms with E-state index >= 15 is 0 Å². The van der Waals surface area contributed by atoms with Crippen molar-refractivity contribution in [1.82, 2.24) is 10.6 Å². The molecule has 0 aliphatic carbocycles. The van der Waals surface area contributed by atoms with Gasteiger partial charge in [0.15, 0.2) is 0 Å². The second-order valence-corrected chi connectivity index (χ2v) is 7.59. The minimum atomic E-state index is -4.53. The molecule has 168 valence electrons. The lowest BCUT2D eigenvalue weighted by Crippen LogP contribution is -2.45. The van der Waals surface area contributed by atoms with E-state index in [1.807, 2.05) is 54.6 Å². The smallest absolute Gasteiger partial charge is 0.327 e. The summed E-state index contributed by atoms with van der Waals surface area (Å²) in [6.07, 6.45) is -4.53. The van der Waals surface area contributed by atoms with Crippen molar-refractivity contribution in [3.63, 3.8) is 0 Å². The summed E-state index contributed by atoms with van der Waals surface area (Å²) in [5, 5.41) is 7.80. The van der Waals surface area contributed by atoms with E-state index in [0.717, 1.165) is 23.3 Å². The van der Waals surface area contributed by atoms with Crippen LogP contribution in [0.4, 0.5) is 23.7 Å². The molecule has 1 aliphatic heterocycles. The van der Waals surface area contributed by atoms with Crippen molar-refractivity contribution in [2.24, 2.45) is 0 Å². The highest BCUT2D eigenvalue weighted by atomic mass is 19.4. The van der Waals surface area contributed by atoms with Gasteiger partial charge in [-0.2, -0.15) is 13.2 Å². The number of hydrogen-bond donors (Lipinski definition) is 3. The standard InChI is InChI=1S/C25H20F3N3O2/c1-15-21(23(32)30-20-9-5-8-19(14-20)25(26,27)28)22(31-24(33)29-15)18-12-10-17(11-13-18)16-6-3-2-4-7-16/h2-14,22H,1H3,(H,30,32)(H2,29,31,33). The first-order chi connectivity index (χ1) is 15.7. The summed E-state index contributed by atoms with van der Waals surface area (Å²) in [5.74, 6) is -0.614. The average Bonchev–Trinajstić information content (AvgIpc) is 2.79. The van der Waals surface area contributed by atoms with Gasteiger partial charge >= 0.3 is 12.2 Å². The van der Waals surface area contributed by atoms with Gasteiger partial charge in [-0.1, -0.05) is 60.7 Å². The molecule has 1 heterocycles. The number of alkyl halides is 3. The molecule has 0 radical (unpaired) electrons. The molecule has 0 bridgehead atoms. The van der Waals surface area contributed by atoms with E-state index in [0.29, 0.717) is 11.3 Å². The van der Waals surface area contributed by atoms with E-state index in [1.54, 1.807) is 6.92 Å². The highest BCUT2D eigenvalue weighted by Crippen LogP contribution is 2.32. The summed E-state index contributed by atoms with van der Waals surface area (Å²) >= 11 is 0. The van der Waals surface area contributed by atoms with Crippen molar-refractivity contribution in [3.8, 4) is 11.1 Å². The van der Waals surface area contributed by atoms with Crippen LogP contribution in [0.5, 0.6) is 0 Å². The molecule has 0 fully saturated rings. The van der Waals surface area contributed by atoms with Crippen LogP contribution in [0.25, 0.3) is 11.1 Å². The van der Waals surface area contributed by atoms with Gasteiger partial charge in [-0.15, -0.1) is 0 Å². The number of anilines is 1.